The summed E-state index contributed by atoms with van der Waals surface area (Å²) in [6.45, 7) is 6.16. The van der Waals surface area contributed by atoms with Crippen LogP contribution in [0.1, 0.15) is 30.5 Å². The van der Waals surface area contributed by atoms with Crippen molar-refractivity contribution in [3.8, 4) is 0 Å². The van der Waals surface area contributed by atoms with E-state index in [9.17, 15) is 14.0 Å². The van der Waals surface area contributed by atoms with Gasteiger partial charge in [0.15, 0.2) is 0 Å². The van der Waals surface area contributed by atoms with Crippen LogP contribution in [-0.2, 0) is 22.6 Å². The van der Waals surface area contributed by atoms with Gasteiger partial charge in [-0.15, -0.1) is 0 Å². The van der Waals surface area contributed by atoms with Crippen LogP contribution in [-0.4, -0.2) is 29.3 Å². The van der Waals surface area contributed by atoms with Gasteiger partial charge in [-0.1, -0.05) is 41.9 Å². The van der Waals surface area contributed by atoms with Crippen molar-refractivity contribution in [2.45, 2.75) is 39.8 Å². The van der Waals surface area contributed by atoms with E-state index in [0.29, 0.717) is 6.54 Å². The van der Waals surface area contributed by atoms with Crippen LogP contribution in [0.3, 0.4) is 0 Å². The molecule has 0 radical (unpaired) electrons. The van der Waals surface area contributed by atoms with Crippen molar-refractivity contribution in [1.29, 1.82) is 0 Å². The Kier molecular flexibility index (Phi) is 7.36. The Morgan fingerprint density at radius 2 is 1.89 bits per heavy atom. The number of aryl methyl sites for hydroxylation is 1. The highest BCUT2D eigenvalue weighted by Crippen LogP contribution is 2.22. The summed E-state index contributed by atoms with van der Waals surface area (Å²) < 4.78 is 14.1. The Hall–Kier alpha value is -2.40. The smallest absolute Gasteiger partial charge is 0.242 e. The van der Waals surface area contributed by atoms with E-state index in [1.807, 2.05) is 38.1 Å². The number of likely N-dealkylation sites (N-methyl/N-ethyl adjacent to an activating group) is 1. The number of nitrogens with one attached hydrogen (secondary N) is 1. The van der Waals surface area contributed by atoms with Crippen LogP contribution >= 0.6 is 11.6 Å². The van der Waals surface area contributed by atoms with Gasteiger partial charge in [0.2, 0.25) is 11.8 Å². The SMILES string of the molecule is CCNC(=O)[C@H](C)N(Cc1ccccc1C)C(=O)Cc1c(F)cccc1Cl. The zero-order valence-corrected chi connectivity index (χ0v) is 16.5. The molecule has 4 nitrogen and oxygen atoms in total. The fraction of sp³-hybridized carbons (Fsp3) is 0.333. The third-order valence-corrected chi connectivity index (χ3v) is 4.86. The maximum absolute atomic E-state index is 14.1. The maximum Gasteiger partial charge on any atom is 0.242 e. The Bertz CT molecular complexity index is 805. The van der Waals surface area contributed by atoms with E-state index in [0.717, 1.165) is 11.1 Å². The van der Waals surface area contributed by atoms with E-state index >= 15 is 0 Å². The van der Waals surface area contributed by atoms with Crippen molar-refractivity contribution in [2.75, 3.05) is 6.54 Å². The minimum absolute atomic E-state index is 0.141. The van der Waals surface area contributed by atoms with Crippen molar-refractivity contribution in [3.63, 3.8) is 0 Å². The predicted octanol–water partition coefficient (Wildman–Crippen LogP) is 3.88. The summed E-state index contributed by atoms with van der Waals surface area (Å²) in [4.78, 5) is 26.8. The van der Waals surface area contributed by atoms with E-state index in [1.54, 1.807) is 13.0 Å². The van der Waals surface area contributed by atoms with E-state index in [1.165, 1.54) is 17.0 Å². The Morgan fingerprint density at radius 3 is 2.52 bits per heavy atom. The number of rotatable bonds is 7. The summed E-state index contributed by atoms with van der Waals surface area (Å²) in [7, 11) is 0. The molecule has 2 aromatic rings. The minimum atomic E-state index is -0.692. The lowest BCUT2D eigenvalue weighted by Gasteiger charge is -2.29. The summed E-state index contributed by atoms with van der Waals surface area (Å²) in [5.41, 5.74) is 2.09. The van der Waals surface area contributed by atoms with Gasteiger partial charge in [0, 0.05) is 23.7 Å². The van der Waals surface area contributed by atoms with Crippen molar-refractivity contribution >= 4 is 23.4 Å². The average Bonchev–Trinajstić information content (AvgIpc) is 2.63. The van der Waals surface area contributed by atoms with E-state index < -0.39 is 11.9 Å². The molecular weight excluding hydrogens is 367 g/mol. The monoisotopic (exact) mass is 390 g/mol. The number of amides is 2. The highest BCUT2D eigenvalue weighted by Gasteiger charge is 2.27. The lowest BCUT2D eigenvalue weighted by Crippen LogP contribution is -2.48. The standard InChI is InChI=1S/C21H24ClFN2O2/c1-4-24-21(27)15(3)25(13-16-9-6-5-8-14(16)2)20(26)12-17-18(22)10-7-11-19(17)23/h5-11,15H,4,12-13H2,1-3H3,(H,24,27)/t15-/m0/s1. The van der Waals surface area contributed by atoms with Crippen LogP contribution in [0.25, 0.3) is 0 Å². The number of hydrogen-bond acceptors (Lipinski definition) is 2. The number of halogens is 2. The van der Waals surface area contributed by atoms with Crippen molar-refractivity contribution < 1.29 is 14.0 Å². The molecule has 0 aliphatic rings. The molecule has 0 saturated carbocycles. The van der Waals surface area contributed by atoms with E-state index in [2.05, 4.69) is 5.32 Å². The summed E-state index contributed by atoms with van der Waals surface area (Å²) in [6, 6.07) is 11.3. The topological polar surface area (TPSA) is 49.4 Å². The number of benzene rings is 2. The van der Waals surface area contributed by atoms with Crippen LogP contribution < -0.4 is 5.32 Å². The number of carbonyl (C=O) groups excluding carboxylic acids is 2. The predicted molar refractivity (Wildman–Crippen MR) is 105 cm³/mol. The lowest BCUT2D eigenvalue weighted by atomic mass is 10.1. The highest BCUT2D eigenvalue weighted by atomic mass is 35.5. The Balaban J connectivity index is 2.31. The van der Waals surface area contributed by atoms with Gasteiger partial charge in [-0.05, 0) is 44.0 Å². The first kappa shape index (κ1) is 20.9. The quantitative estimate of drug-likeness (QED) is 0.779. The van der Waals surface area contributed by atoms with Gasteiger partial charge in [0.05, 0.1) is 6.42 Å². The summed E-state index contributed by atoms with van der Waals surface area (Å²) >= 11 is 6.07. The number of nitrogens with zero attached hydrogens (tertiary/aromatic N) is 1. The van der Waals surface area contributed by atoms with Crippen LogP contribution in [0.15, 0.2) is 42.5 Å². The largest absolute Gasteiger partial charge is 0.355 e. The summed E-state index contributed by atoms with van der Waals surface area (Å²) in [6.07, 6.45) is -0.207. The van der Waals surface area contributed by atoms with Gasteiger partial charge >= 0.3 is 0 Å². The van der Waals surface area contributed by atoms with E-state index in [4.69, 9.17) is 11.6 Å². The molecule has 1 N–H and O–H groups in total. The first-order valence-corrected chi connectivity index (χ1v) is 9.27. The Morgan fingerprint density at radius 1 is 1.19 bits per heavy atom. The van der Waals surface area contributed by atoms with Gasteiger partial charge in [0.1, 0.15) is 11.9 Å². The molecule has 2 aromatic carbocycles. The van der Waals surface area contributed by atoms with Crippen LogP contribution in [0.5, 0.6) is 0 Å². The fourth-order valence-corrected chi connectivity index (χ4v) is 3.06. The molecule has 0 saturated heterocycles. The maximum atomic E-state index is 14.1. The fourth-order valence-electron chi connectivity index (χ4n) is 2.83. The zero-order valence-electron chi connectivity index (χ0n) is 15.8. The second kappa shape index (κ2) is 9.51. The molecule has 6 heteroatoms. The average molecular weight is 391 g/mol. The number of carbonyl (C=O) groups is 2. The van der Waals surface area contributed by atoms with Crippen LogP contribution in [0.2, 0.25) is 5.02 Å². The molecular formula is C21H24ClFN2O2. The van der Waals surface area contributed by atoms with Gasteiger partial charge in [-0.2, -0.15) is 0 Å². The molecule has 0 aliphatic carbocycles. The van der Waals surface area contributed by atoms with Crippen molar-refractivity contribution in [2.24, 2.45) is 0 Å². The second-order valence-corrected chi connectivity index (χ2v) is 6.80. The zero-order chi connectivity index (χ0) is 20.0. The molecule has 0 spiro atoms. The molecule has 27 heavy (non-hydrogen) atoms. The highest BCUT2D eigenvalue weighted by molar-refractivity contribution is 6.31. The molecule has 0 bridgehead atoms. The van der Waals surface area contributed by atoms with Crippen LogP contribution in [0, 0.1) is 12.7 Å². The first-order valence-electron chi connectivity index (χ1n) is 8.89. The molecule has 0 unspecified atom stereocenters. The third-order valence-electron chi connectivity index (χ3n) is 4.51. The van der Waals surface area contributed by atoms with E-state index in [-0.39, 0.29) is 35.4 Å². The van der Waals surface area contributed by atoms with Gasteiger partial charge < -0.3 is 10.2 Å². The van der Waals surface area contributed by atoms with Crippen molar-refractivity contribution in [1.82, 2.24) is 10.2 Å². The number of hydrogen-bond donors (Lipinski definition) is 1. The molecule has 1 atom stereocenters. The Labute approximate surface area is 164 Å². The minimum Gasteiger partial charge on any atom is -0.355 e. The van der Waals surface area contributed by atoms with Gasteiger partial charge in [-0.25, -0.2) is 4.39 Å². The second-order valence-electron chi connectivity index (χ2n) is 6.40. The van der Waals surface area contributed by atoms with Gasteiger partial charge in [0.25, 0.3) is 0 Å². The first-order chi connectivity index (χ1) is 12.8. The molecule has 2 rings (SSSR count). The molecule has 0 aromatic heterocycles. The van der Waals surface area contributed by atoms with Crippen LogP contribution in [0.4, 0.5) is 4.39 Å². The summed E-state index contributed by atoms with van der Waals surface area (Å²) in [5.74, 6) is -1.14. The third kappa shape index (κ3) is 5.30. The normalized spacial score (nSPS) is 11.7. The summed E-state index contributed by atoms with van der Waals surface area (Å²) in [5, 5.41) is 2.93. The lowest BCUT2D eigenvalue weighted by molar-refractivity contribution is -0.140. The molecule has 144 valence electrons. The van der Waals surface area contributed by atoms with Gasteiger partial charge in [-0.3, -0.25) is 9.59 Å². The molecule has 0 aliphatic heterocycles. The molecule has 0 heterocycles. The molecule has 0 fully saturated rings. The molecule has 2 amide bonds. The van der Waals surface area contributed by atoms with Crippen molar-refractivity contribution in [3.05, 3.63) is 70.0 Å².